The summed E-state index contributed by atoms with van der Waals surface area (Å²) >= 11 is 7.68. The molecule has 4 nitrogen and oxygen atoms in total. The molecule has 1 aliphatic heterocycles. The molecule has 0 amide bonds. The van der Waals surface area contributed by atoms with Crippen LogP contribution in [-0.2, 0) is 23.0 Å². The highest BCUT2D eigenvalue weighted by Crippen LogP contribution is 2.25. The maximum absolute atomic E-state index is 12.3. The second-order valence-corrected chi connectivity index (χ2v) is 8.95. The fourth-order valence-electron chi connectivity index (χ4n) is 2.72. The molecule has 124 valence electrons. The average molecular weight is 371 g/mol. The molecule has 1 aromatic carbocycles. The summed E-state index contributed by atoms with van der Waals surface area (Å²) in [4.78, 5) is 3.97. The number of rotatable bonds is 5. The van der Waals surface area contributed by atoms with Gasteiger partial charge in [0.05, 0.1) is 4.90 Å². The Labute approximate surface area is 146 Å². The van der Waals surface area contributed by atoms with Crippen molar-refractivity contribution in [2.75, 3.05) is 13.1 Å². The molecule has 2 aromatic rings. The summed E-state index contributed by atoms with van der Waals surface area (Å²) in [5.41, 5.74) is 1.37. The number of benzene rings is 1. The molecule has 0 radical (unpaired) electrons. The van der Waals surface area contributed by atoms with Gasteiger partial charge in [0.1, 0.15) is 0 Å². The Morgan fingerprint density at radius 1 is 1.39 bits per heavy atom. The Bertz CT molecular complexity index is 789. The lowest BCUT2D eigenvalue weighted by Crippen LogP contribution is -2.44. The van der Waals surface area contributed by atoms with Crippen LogP contribution >= 0.6 is 22.9 Å². The van der Waals surface area contributed by atoms with Gasteiger partial charge in [-0.15, -0.1) is 11.3 Å². The summed E-state index contributed by atoms with van der Waals surface area (Å²) in [6.45, 7) is 4.29. The van der Waals surface area contributed by atoms with E-state index in [4.69, 9.17) is 11.6 Å². The van der Waals surface area contributed by atoms with Crippen LogP contribution in [0.5, 0.6) is 0 Å². The van der Waals surface area contributed by atoms with Gasteiger partial charge in [-0.2, -0.15) is 0 Å². The van der Waals surface area contributed by atoms with Gasteiger partial charge >= 0.3 is 0 Å². The lowest BCUT2D eigenvalue weighted by molar-refractivity contribution is 0.193. The lowest BCUT2D eigenvalue weighted by atomic mass is 10.1. The summed E-state index contributed by atoms with van der Waals surface area (Å²) in [7, 11) is -3.53. The van der Waals surface area contributed by atoms with Crippen LogP contribution in [0.15, 0.2) is 40.6 Å². The van der Waals surface area contributed by atoms with E-state index in [0.717, 1.165) is 19.5 Å². The quantitative estimate of drug-likeness (QED) is 0.879. The van der Waals surface area contributed by atoms with Gasteiger partial charge in [0.2, 0.25) is 10.0 Å². The maximum atomic E-state index is 12.3. The number of thiophene rings is 1. The highest BCUT2D eigenvalue weighted by Gasteiger charge is 2.23. The van der Waals surface area contributed by atoms with E-state index in [1.807, 2.05) is 0 Å². The van der Waals surface area contributed by atoms with Crippen molar-refractivity contribution in [3.05, 3.63) is 51.2 Å². The standard InChI is InChI=1S/C16H19ClN2O2S2/c1-12(19-7-5-16-13(11-19)6-8-22-16)10-18-23(20,21)15-4-2-3-14(17)9-15/h2-4,6,8-9,12,18H,5,7,10-11H2,1H3/t12-/m0/s1. The van der Waals surface area contributed by atoms with Crippen molar-refractivity contribution in [1.29, 1.82) is 0 Å². The van der Waals surface area contributed by atoms with E-state index in [0.29, 0.717) is 11.6 Å². The molecule has 0 saturated carbocycles. The van der Waals surface area contributed by atoms with Gasteiger partial charge in [-0.05, 0) is 48.6 Å². The molecule has 0 saturated heterocycles. The fraction of sp³-hybridized carbons (Fsp3) is 0.375. The van der Waals surface area contributed by atoms with Crippen molar-refractivity contribution in [3.8, 4) is 0 Å². The van der Waals surface area contributed by atoms with Gasteiger partial charge in [-0.25, -0.2) is 13.1 Å². The van der Waals surface area contributed by atoms with Crippen LogP contribution < -0.4 is 4.72 Å². The molecule has 1 atom stereocenters. The van der Waals surface area contributed by atoms with Crippen molar-refractivity contribution in [2.45, 2.75) is 30.8 Å². The molecule has 0 unspecified atom stereocenters. The molecule has 0 bridgehead atoms. The maximum Gasteiger partial charge on any atom is 0.240 e. The smallest absolute Gasteiger partial charge is 0.240 e. The number of hydrogen-bond acceptors (Lipinski definition) is 4. The summed E-state index contributed by atoms with van der Waals surface area (Å²) in [6, 6.07) is 8.62. The SMILES string of the molecule is C[C@@H](CNS(=O)(=O)c1cccc(Cl)c1)N1CCc2sccc2C1. The normalized spacial score (nSPS) is 17.0. The molecule has 3 rings (SSSR count). The van der Waals surface area contributed by atoms with Crippen molar-refractivity contribution in [3.63, 3.8) is 0 Å². The molecule has 2 heterocycles. The average Bonchev–Trinajstić information content (AvgIpc) is 3.00. The van der Waals surface area contributed by atoms with Crippen LogP contribution in [0.1, 0.15) is 17.4 Å². The minimum Gasteiger partial charge on any atom is -0.295 e. The molecule has 0 spiro atoms. The second kappa shape index (κ2) is 6.91. The molecular formula is C16H19ClN2O2S2. The van der Waals surface area contributed by atoms with E-state index in [9.17, 15) is 8.42 Å². The molecule has 7 heteroatoms. The van der Waals surface area contributed by atoms with Crippen molar-refractivity contribution in [2.24, 2.45) is 0 Å². The van der Waals surface area contributed by atoms with E-state index in [-0.39, 0.29) is 10.9 Å². The van der Waals surface area contributed by atoms with Crippen LogP contribution in [-0.4, -0.2) is 32.4 Å². The molecule has 1 N–H and O–H groups in total. The Morgan fingerprint density at radius 2 is 2.22 bits per heavy atom. The second-order valence-electron chi connectivity index (χ2n) is 5.75. The molecule has 1 aliphatic rings. The van der Waals surface area contributed by atoms with E-state index in [2.05, 4.69) is 28.0 Å². The van der Waals surface area contributed by atoms with Crippen LogP contribution in [0.2, 0.25) is 5.02 Å². The number of hydrogen-bond donors (Lipinski definition) is 1. The minimum atomic E-state index is -3.53. The van der Waals surface area contributed by atoms with Crippen LogP contribution in [0, 0.1) is 0 Å². The van der Waals surface area contributed by atoms with Gasteiger partial charge in [-0.1, -0.05) is 17.7 Å². The summed E-state index contributed by atoms with van der Waals surface area (Å²) in [5, 5.41) is 2.54. The van der Waals surface area contributed by atoms with E-state index >= 15 is 0 Å². The molecule has 23 heavy (non-hydrogen) atoms. The van der Waals surface area contributed by atoms with Crippen molar-refractivity contribution >= 4 is 33.0 Å². The Hall–Kier alpha value is -0.920. The summed E-state index contributed by atoms with van der Waals surface area (Å²) in [5.74, 6) is 0. The van der Waals surface area contributed by atoms with Gasteiger partial charge < -0.3 is 0 Å². The molecule has 0 aliphatic carbocycles. The van der Waals surface area contributed by atoms with Crippen molar-refractivity contribution < 1.29 is 8.42 Å². The predicted octanol–water partition coefficient (Wildman–Crippen LogP) is 3.13. The Balaban J connectivity index is 1.62. The molecular weight excluding hydrogens is 352 g/mol. The third kappa shape index (κ3) is 3.95. The first-order chi connectivity index (χ1) is 11.0. The predicted molar refractivity (Wildman–Crippen MR) is 94.5 cm³/mol. The van der Waals surface area contributed by atoms with E-state index in [1.165, 1.54) is 16.5 Å². The van der Waals surface area contributed by atoms with Gasteiger partial charge in [0.25, 0.3) is 0 Å². The number of sulfonamides is 1. The zero-order chi connectivity index (χ0) is 16.4. The monoisotopic (exact) mass is 370 g/mol. The third-order valence-electron chi connectivity index (χ3n) is 4.14. The largest absolute Gasteiger partial charge is 0.295 e. The van der Waals surface area contributed by atoms with Crippen LogP contribution in [0.25, 0.3) is 0 Å². The van der Waals surface area contributed by atoms with Gasteiger partial charge in [0.15, 0.2) is 0 Å². The van der Waals surface area contributed by atoms with Gasteiger partial charge in [-0.3, -0.25) is 4.90 Å². The first-order valence-corrected chi connectivity index (χ1v) is 10.2. The lowest BCUT2D eigenvalue weighted by Gasteiger charge is -2.32. The first kappa shape index (κ1) is 16.9. The molecule has 1 aromatic heterocycles. The zero-order valence-corrected chi connectivity index (χ0v) is 15.2. The van der Waals surface area contributed by atoms with Gasteiger partial charge in [0, 0.05) is 35.6 Å². The highest BCUT2D eigenvalue weighted by atomic mass is 35.5. The number of nitrogens with zero attached hydrogens (tertiary/aromatic N) is 1. The fourth-order valence-corrected chi connectivity index (χ4v) is 5.04. The minimum absolute atomic E-state index is 0.136. The third-order valence-corrected chi connectivity index (χ3v) is 6.82. The van der Waals surface area contributed by atoms with Crippen molar-refractivity contribution in [1.82, 2.24) is 9.62 Å². The summed E-state index contributed by atoms with van der Waals surface area (Å²) < 4.78 is 27.4. The molecule has 0 fully saturated rings. The summed E-state index contributed by atoms with van der Waals surface area (Å²) in [6.07, 6.45) is 1.04. The highest BCUT2D eigenvalue weighted by molar-refractivity contribution is 7.89. The zero-order valence-electron chi connectivity index (χ0n) is 12.8. The Kier molecular flexibility index (Phi) is 5.08. The van der Waals surface area contributed by atoms with Crippen LogP contribution in [0.4, 0.5) is 0 Å². The van der Waals surface area contributed by atoms with E-state index in [1.54, 1.807) is 29.5 Å². The number of halogens is 1. The topological polar surface area (TPSA) is 49.4 Å². The van der Waals surface area contributed by atoms with E-state index < -0.39 is 10.0 Å². The number of nitrogens with one attached hydrogen (secondary N) is 1. The van der Waals surface area contributed by atoms with Crippen LogP contribution in [0.3, 0.4) is 0 Å². The number of fused-ring (bicyclic) bond motifs is 1. The Morgan fingerprint density at radius 3 is 3.00 bits per heavy atom. The first-order valence-electron chi connectivity index (χ1n) is 7.50.